The second-order valence-electron chi connectivity index (χ2n) is 7.13. The van der Waals surface area contributed by atoms with Crippen molar-refractivity contribution in [3.63, 3.8) is 0 Å². The van der Waals surface area contributed by atoms with Crippen LogP contribution in [-0.2, 0) is 17.8 Å². The number of guanidine groups is 1. The summed E-state index contributed by atoms with van der Waals surface area (Å²) in [6.07, 6.45) is 3.62. The summed E-state index contributed by atoms with van der Waals surface area (Å²) in [5.74, 6) is 1.73. The fraction of sp³-hybridized carbons (Fsp3) is 0.667. The van der Waals surface area contributed by atoms with E-state index >= 15 is 0 Å². The molecule has 0 bridgehead atoms. The normalized spacial score (nSPS) is 16.0. The van der Waals surface area contributed by atoms with E-state index in [1.807, 2.05) is 14.0 Å². The Balaban J connectivity index is 0.00000364. The third kappa shape index (κ3) is 9.25. The topological polar surface area (TPSA) is 48.9 Å². The number of aliphatic imine (C=N–C) groups is 1. The molecule has 1 heterocycles. The first-order valence-corrected chi connectivity index (χ1v) is 10.0. The molecular weight excluding hydrogens is 451 g/mol. The highest BCUT2D eigenvalue weighted by atomic mass is 127. The molecule has 1 saturated heterocycles. The van der Waals surface area contributed by atoms with Gasteiger partial charge in [-0.2, -0.15) is 0 Å². The molecule has 1 aromatic carbocycles. The summed E-state index contributed by atoms with van der Waals surface area (Å²) in [4.78, 5) is 6.90. The molecule has 0 atom stereocenters. The first-order valence-electron chi connectivity index (χ1n) is 10.0. The minimum absolute atomic E-state index is 0. The van der Waals surface area contributed by atoms with Crippen molar-refractivity contribution in [1.29, 1.82) is 0 Å². The van der Waals surface area contributed by atoms with E-state index in [0.29, 0.717) is 0 Å². The first-order chi connectivity index (χ1) is 12.7. The van der Waals surface area contributed by atoms with Crippen molar-refractivity contribution >= 4 is 29.9 Å². The highest BCUT2D eigenvalue weighted by Gasteiger charge is 2.16. The van der Waals surface area contributed by atoms with E-state index in [1.165, 1.54) is 37.1 Å². The lowest BCUT2D eigenvalue weighted by atomic mass is 9.98. The summed E-state index contributed by atoms with van der Waals surface area (Å²) in [6, 6.07) is 8.74. The molecule has 6 heteroatoms. The Kier molecular flexibility index (Phi) is 12.7. The number of nitrogens with one attached hydrogen (secondary N) is 2. The monoisotopic (exact) mass is 488 g/mol. The summed E-state index contributed by atoms with van der Waals surface area (Å²) in [5.41, 5.74) is 2.77. The van der Waals surface area contributed by atoms with Crippen molar-refractivity contribution in [2.45, 2.75) is 46.2 Å². The van der Waals surface area contributed by atoms with Gasteiger partial charge in [0.15, 0.2) is 5.96 Å². The van der Waals surface area contributed by atoms with Crippen LogP contribution in [0.15, 0.2) is 29.3 Å². The van der Waals surface area contributed by atoms with Crippen LogP contribution in [0.4, 0.5) is 0 Å². The number of nitrogens with zero attached hydrogens (tertiary/aromatic N) is 2. The molecule has 0 unspecified atom stereocenters. The van der Waals surface area contributed by atoms with Crippen molar-refractivity contribution < 1.29 is 4.74 Å². The van der Waals surface area contributed by atoms with Gasteiger partial charge in [0.25, 0.3) is 0 Å². The van der Waals surface area contributed by atoms with Gasteiger partial charge in [0, 0.05) is 39.9 Å². The zero-order valence-electron chi connectivity index (χ0n) is 17.2. The molecule has 5 nitrogen and oxygen atoms in total. The molecule has 1 aliphatic heterocycles. The van der Waals surface area contributed by atoms with Gasteiger partial charge in [-0.25, -0.2) is 0 Å². The van der Waals surface area contributed by atoms with Gasteiger partial charge in [0.2, 0.25) is 0 Å². The van der Waals surface area contributed by atoms with Crippen LogP contribution >= 0.6 is 24.0 Å². The number of rotatable bonds is 9. The van der Waals surface area contributed by atoms with Gasteiger partial charge in [-0.3, -0.25) is 9.89 Å². The lowest BCUT2D eigenvalue weighted by molar-refractivity contribution is 0.145. The quantitative estimate of drug-likeness (QED) is 0.241. The molecule has 1 fully saturated rings. The van der Waals surface area contributed by atoms with Crippen molar-refractivity contribution in [3.05, 3.63) is 35.4 Å². The van der Waals surface area contributed by atoms with Gasteiger partial charge in [-0.05, 0) is 56.3 Å². The molecule has 0 spiro atoms. The van der Waals surface area contributed by atoms with Gasteiger partial charge in [-0.1, -0.05) is 31.2 Å². The zero-order chi connectivity index (χ0) is 18.6. The average molecular weight is 488 g/mol. The van der Waals surface area contributed by atoms with E-state index in [4.69, 9.17) is 4.74 Å². The summed E-state index contributed by atoms with van der Waals surface area (Å²) in [7, 11) is 1.82. The van der Waals surface area contributed by atoms with E-state index in [2.05, 4.69) is 51.7 Å². The fourth-order valence-corrected chi connectivity index (χ4v) is 3.27. The summed E-state index contributed by atoms with van der Waals surface area (Å²) in [5, 5.41) is 6.79. The highest BCUT2D eigenvalue weighted by Crippen LogP contribution is 2.19. The molecule has 2 N–H and O–H groups in total. The Morgan fingerprint density at radius 2 is 1.89 bits per heavy atom. The van der Waals surface area contributed by atoms with E-state index in [9.17, 15) is 0 Å². The highest BCUT2D eigenvalue weighted by molar-refractivity contribution is 14.0. The van der Waals surface area contributed by atoms with Crippen molar-refractivity contribution in [3.8, 4) is 0 Å². The van der Waals surface area contributed by atoms with Crippen LogP contribution in [0.3, 0.4) is 0 Å². The Morgan fingerprint density at radius 3 is 2.56 bits per heavy atom. The predicted octanol–water partition coefficient (Wildman–Crippen LogP) is 3.63. The molecular formula is C21H37IN4O. The van der Waals surface area contributed by atoms with Gasteiger partial charge in [-0.15, -0.1) is 24.0 Å². The molecule has 0 aromatic heterocycles. The van der Waals surface area contributed by atoms with Crippen LogP contribution in [0.1, 0.15) is 44.2 Å². The standard InChI is InChI=1S/C21H36N4O.HI/c1-4-26-15-7-12-23-21(22-3)24-16-19-8-5-6-9-20(19)17-25-13-10-18(2)11-14-25;/h5-6,8-9,18H,4,7,10-17H2,1-3H3,(H2,22,23,24);1H. The third-order valence-electron chi connectivity index (χ3n) is 5.02. The number of hydrogen-bond donors (Lipinski definition) is 2. The maximum Gasteiger partial charge on any atom is 0.191 e. The number of benzene rings is 1. The first kappa shape index (κ1) is 24.2. The number of halogens is 1. The molecule has 2 rings (SSSR count). The van der Waals surface area contributed by atoms with Crippen LogP contribution in [0, 0.1) is 5.92 Å². The Morgan fingerprint density at radius 1 is 1.19 bits per heavy atom. The summed E-state index contributed by atoms with van der Waals surface area (Å²) in [6.45, 7) is 11.1. The van der Waals surface area contributed by atoms with Crippen LogP contribution in [0.25, 0.3) is 0 Å². The summed E-state index contributed by atoms with van der Waals surface area (Å²) >= 11 is 0. The molecule has 1 aliphatic rings. The molecule has 0 radical (unpaired) electrons. The molecule has 1 aromatic rings. The number of hydrogen-bond acceptors (Lipinski definition) is 3. The van der Waals surface area contributed by atoms with E-state index in [1.54, 1.807) is 0 Å². The molecule has 27 heavy (non-hydrogen) atoms. The third-order valence-corrected chi connectivity index (χ3v) is 5.02. The number of piperidine rings is 1. The Hall–Kier alpha value is -0.860. The summed E-state index contributed by atoms with van der Waals surface area (Å²) < 4.78 is 5.37. The maximum atomic E-state index is 5.37. The Labute approximate surface area is 182 Å². The van der Waals surface area contributed by atoms with Crippen LogP contribution in [0.5, 0.6) is 0 Å². The average Bonchev–Trinajstić information content (AvgIpc) is 2.67. The molecule has 0 amide bonds. The van der Waals surface area contributed by atoms with Crippen LogP contribution < -0.4 is 10.6 Å². The number of likely N-dealkylation sites (tertiary alicyclic amines) is 1. The van der Waals surface area contributed by atoms with Crippen molar-refractivity contribution in [2.75, 3.05) is 39.9 Å². The lowest BCUT2D eigenvalue weighted by Crippen LogP contribution is -2.38. The molecule has 0 saturated carbocycles. The van der Waals surface area contributed by atoms with Crippen LogP contribution in [-0.4, -0.2) is 50.8 Å². The van der Waals surface area contributed by atoms with Gasteiger partial charge in [0.1, 0.15) is 0 Å². The predicted molar refractivity (Wildman–Crippen MR) is 125 cm³/mol. The largest absolute Gasteiger partial charge is 0.382 e. The zero-order valence-corrected chi connectivity index (χ0v) is 19.5. The van der Waals surface area contributed by atoms with E-state index in [0.717, 1.165) is 51.1 Å². The maximum absolute atomic E-state index is 5.37. The van der Waals surface area contributed by atoms with Crippen LogP contribution in [0.2, 0.25) is 0 Å². The second-order valence-corrected chi connectivity index (χ2v) is 7.13. The lowest BCUT2D eigenvalue weighted by Gasteiger charge is -2.30. The SMILES string of the molecule is CCOCCCNC(=NC)NCc1ccccc1CN1CCC(C)CC1.I. The van der Waals surface area contributed by atoms with Gasteiger partial charge in [0.05, 0.1) is 0 Å². The van der Waals surface area contributed by atoms with E-state index < -0.39 is 0 Å². The van der Waals surface area contributed by atoms with E-state index in [-0.39, 0.29) is 24.0 Å². The Bertz CT molecular complexity index is 545. The minimum atomic E-state index is 0. The van der Waals surface area contributed by atoms with Gasteiger partial charge >= 0.3 is 0 Å². The fourth-order valence-electron chi connectivity index (χ4n) is 3.27. The van der Waals surface area contributed by atoms with Gasteiger partial charge < -0.3 is 15.4 Å². The molecule has 154 valence electrons. The minimum Gasteiger partial charge on any atom is -0.382 e. The van der Waals surface area contributed by atoms with Crippen molar-refractivity contribution in [1.82, 2.24) is 15.5 Å². The number of ether oxygens (including phenoxy) is 1. The second kappa shape index (κ2) is 14.2. The molecule has 0 aliphatic carbocycles. The van der Waals surface area contributed by atoms with Crippen molar-refractivity contribution in [2.24, 2.45) is 10.9 Å². The smallest absolute Gasteiger partial charge is 0.191 e.